The molecule has 0 atom stereocenters. The number of anilines is 5. The van der Waals surface area contributed by atoms with Gasteiger partial charge in [-0.3, -0.25) is 0 Å². The first-order valence-corrected chi connectivity index (χ1v) is 25.4. The number of benzene rings is 8. The van der Waals surface area contributed by atoms with Crippen LogP contribution in [-0.4, -0.2) is 6.85 Å². The Hall–Kier alpha value is -6.78. The lowest BCUT2D eigenvalue weighted by Gasteiger charge is -2.49. The highest BCUT2D eigenvalue weighted by Gasteiger charge is 2.50. The Morgan fingerprint density at radius 1 is 0.449 bits per heavy atom. The van der Waals surface area contributed by atoms with Crippen LogP contribution in [0.4, 0.5) is 28.4 Å². The summed E-state index contributed by atoms with van der Waals surface area (Å²) in [7, 11) is 0. The molecule has 13 rings (SSSR count). The molecule has 1 aromatic heterocycles. The lowest BCUT2D eigenvalue weighted by atomic mass is 9.42. The number of hydrogen-bond acceptors (Lipinski definition) is 3. The molecule has 0 unspecified atom stereocenters. The summed E-state index contributed by atoms with van der Waals surface area (Å²) in [5.41, 5.74) is 25.3. The van der Waals surface area contributed by atoms with E-state index in [0.29, 0.717) is 0 Å². The molecule has 0 saturated heterocycles. The van der Waals surface area contributed by atoms with E-state index in [2.05, 4.69) is 230 Å². The smallest absolute Gasteiger partial charge is 0.333 e. The van der Waals surface area contributed by atoms with E-state index in [0.717, 1.165) is 42.2 Å². The summed E-state index contributed by atoms with van der Waals surface area (Å²) in [6.07, 6.45) is 4.59. The van der Waals surface area contributed by atoms with Gasteiger partial charge in [-0.05, 0) is 175 Å². The first kappa shape index (κ1) is 42.3. The van der Waals surface area contributed by atoms with Crippen molar-refractivity contribution in [3.05, 3.63) is 186 Å². The number of nitrogens with zero attached hydrogens (tertiary/aromatic N) is 2. The van der Waals surface area contributed by atoms with Gasteiger partial charge >= 0.3 is 6.85 Å². The topological polar surface area (TPSA) is 19.6 Å². The predicted molar refractivity (Wildman–Crippen MR) is 294 cm³/mol. The van der Waals surface area contributed by atoms with Crippen LogP contribution < -0.4 is 20.6 Å². The molecule has 8 aromatic carbocycles. The summed E-state index contributed by atoms with van der Waals surface area (Å²) in [5, 5.41) is 2.32. The normalized spacial score (nSPS) is 17.8. The summed E-state index contributed by atoms with van der Waals surface area (Å²) >= 11 is 0. The number of para-hydroxylation sites is 1. The van der Waals surface area contributed by atoms with E-state index < -0.39 is 0 Å². The summed E-state index contributed by atoms with van der Waals surface area (Å²) in [6, 6.07) is 59.9. The zero-order valence-corrected chi connectivity index (χ0v) is 41.7. The maximum Gasteiger partial charge on any atom is 0.333 e. The van der Waals surface area contributed by atoms with Crippen LogP contribution in [0.25, 0.3) is 55.3 Å². The Morgan fingerprint density at radius 2 is 0.971 bits per heavy atom. The number of furan rings is 1. The van der Waals surface area contributed by atoms with Crippen molar-refractivity contribution < 1.29 is 4.42 Å². The second kappa shape index (κ2) is 14.6. The molecule has 0 amide bonds. The van der Waals surface area contributed by atoms with E-state index in [-0.39, 0.29) is 28.5 Å². The first-order valence-electron chi connectivity index (χ1n) is 25.4. The van der Waals surface area contributed by atoms with Gasteiger partial charge in [-0.1, -0.05) is 159 Å². The number of fused-ring (bicyclic) bond motifs is 10. The molecule has 3 heterocycles. The first-order chi connectivity index (χ1) is 33.1. The molecule has 4 heteroatoms. The average Bonchev–Trinajstić information content (AvgIpc) is 3.73. The Bertz CT molecular complexity index is 3580. The van der Waals surface area contributed by atoms with Crippen molar-refractivity contribution in [1.82, 2.24) is 0 Å². The fourth-order valence-corrected chi connectivity index (χ4v) is 13.0. The van der Waals surface area contributed by atoms with E-state index in [1.165, 1.54) is 106 Å². The van der Waals surface area contributed by atoms with Gasteiger partial charge in [0.1, 0.15) is 11.2 Å². The highest BCUT2D eigenvalue weighted by atomic mass is 16.3. The molecule has 69 heavy (non-hydrogen) atoms. The Labute approximate surface area is 408 Å². The van der Waals surface area contributed by atoms with E-state index in [1.54, 1.807) is 0 Å². The van der Waals surface area contributed by atoms with Gasteiger partial charge in [-0.25, -0.2) is 0 Å². The molecule has 2 aliphatic heterocycles. The molecule has 0 radical (unpaired) electrons. The largest absolute Gasteiger partial charge is 0.456 e. The van der Waals surface area contributed by atoms with Crippen molar-refractivity contribution >= 4 is 68.1 Å². The monoisotopic (exact) mass is 896 g/mol. The van der Waals surface area contributed by atoms with Crippen LogP contribution in [0.3, 0.4) is 0 Å². The molecule has 0 spiro atoms. The van der Waals surface area contributed by atoms with Gasteiger partial charge < -0.3 is 14.1 Å². The Kier molecular flexibility index (Phi) is 8.97. The number of hydrogen-bond donors (Lipinski definition) is 0. The van der Waals surface area contributed by atoms with Gasteiger partial charge in [0.15, 0.2) is 0 Å². The number of aryl methyl sites for hydroxylation is 1. The minimum absolute atomic E-state index is 0.00111. The van der Waals surface area contributed by atoms with Crippen LogP contribution in [0.15, 0.2) is 162 Å². The van der Waals surface area contributed by atoms with Crippen molar-refractivity contribution in [3.63, 3.8) is 0 Å². The molecule has 2 aliphatic carbocycles. The average molecular weight is 897 g/mol. The van der Waals surface area contributed by atoms with Crippen molar-refractivity contribution in [3.8, 4) is 33.4 Å². The molecule has 0 N–H and O–H groups in total. The maximum absolute atomic E-state index is 7.08. The van der Waals surface area contributed by atoms with Crippen LogP contribution >= 0.6 is 0 Å². The van der Waals surface area contributed by atoms with Gasteiger partial charge in [-0.2, -0.15) is 0 Å². The van der Waals surface area contributed by atoms with Crippen molar-refractivity contribution in [1.29, 1.82) is 0 Å². The van der Waals surface area contributed by atoms with Crippen molar-refractivity contribution in [2.75, 3.05) is 9.71 Å². The van der Waals surface area contributed by atoms with Crippen molar-refractivity contribution in [2.24, 2.45) is 0 Å². The molecule has 0 saturated carbocycles. The molecular weight excluding hydrogens is 836 g/mol. The van der Waals surface area contributed by atoms with E-state index in [1.807, 2.05) is 0 Å². The SMILES string of the molecule is Cc1cc(-c2ccccc2)ccc1N1c2cc3c(cc2B2c4c(cc5oc6ccccc6c5c41)-c1cc4c(cc1N2c1ccc(-c2ccccc2)cc1)C(C)(C)CCC4(C)C)C(C)(C)CCC3(C)C. The zero-order chi connectivity index (χ0) is 47.4. The van der Waals surface area contributed by atoms with Gasteiger partial charge in [0.2, 0.25) is 0 Å². The van der Waals surface area contributed by atoms with E-state index in [4.69, 9.17) is 4.42 Å². The highest BCUT2D eigenvalue weighted by molar-refractivity contribution is 6.94. The van der Waals surface area contributed by atoms with Crippen molar-refractivity contribution in [2.45, 2.75) is 110 Å². The minimum atomic E-state index is -0.137. The molecule has 3 nitrogen and oxygen atoms in total. The molecule has 9 aromatic rings. The fraction of sp³-hybridized carbons (Fsp3) is 0.262. The lowest BCUT2D eigenvalue weighted by Crippen LogP contribution is -2.62. The van der Waals surface area contributed by atoms with Gasteiger partial charge in [0.05, 0.1) is 11.1 Å². The Morgan fingerprint density at radius 3 is 1.59 bits per heavy atom. The summed E-state index contributed by atoms with van der Waals surface area (Å²) in [4.78, 5) is 5.42. The third-order valence-corrected chi connectivity index (χ3v) is 17.3. The standard InChI is InChI=1S/C65H61BN2O/c1-40-34-44(42-20-14-11-15-21-42)26-29-54(40)67-56-39-52-50(63(4,5)31-33-65(52,8)9)37-53(56)66-60-48(36-58-59(61(60)67)46-22-16-17-23-57(46)69-58)47-35-49-51(64(6,7)32-30-62(49,2)3)38-55(47)68(66)45-27-24-43(25-28-45)41-18-12-10-13-19-41/h10-29,34-39H,30-33H2,1-9H3. The predicted octanol–water partition coefficient (Wildman–Crippen LogP) is 16.6. The molecule has 340 valence electrons. The zero-order valence-electron chi connectivity index (χ0n) is 41.7. The lowest BCUT2D eigenvalue weighted by molar-refractivity contribution is 0.332. The van der Waals surface area contributed by atoms with Gasteiger partial charge in [0, 0.05) is 33.7 Å². The van der Waals surface area contributed by atoms with Crippen LogP contribution in [0.2, 0.25) is 0 Å². The van der Waals surface area contributed by atoms with Crippen LogP contribution in [0.5, 0.6) is 0 Å². The second-order valence-corrected chi connectivity index (χ2v) is 23.5. The van der Waals surface area contributed by atoms with Crippen LogP contribution in [-0.2, 0) is 21.7 Å². The van der Waals surface area contributed by atoms with Gasteiger partial charge in [0.25, 0.3) is 0 Å². The quantitative estimate of drug-likeness (QED) is 0.164. The molecule has 4 aliphatic rings. The highest BCUT2D eigenvalue weighted by Crippen LogP contribution is 2.57. The molecule has 0 fully saturated rings. The summed E-state index contributed by atoms with van der Waals surface area (Å²) in [5.74, 6) is 0. The van der Waals surface area contributed by atoms with Gasteiger partial charge in [-0.15, -0.1) is 0 Å². The second-order valence-electron chi connectivity index (χ2n) is 23.5. The summed E-state index contributed by atoms with van der Waals surface area (Å²) in [6.45, 7) is 21.9. The maximum atomic E-state index is 7.08. The van der Waals surface area contributed by atoms with Crippen LogP contribution in [0, 0.1) is 6.92 Å². The van der Waals surface area contributed by atoms with Crippen LogP contribution in [0.1, 0.15) is 109 Å². The number of rotatable bonds is 4. The third kappa shape index (κ3) is 6.26. The summed E-state index contributed by atoms with van der Waals surface area (Å²) < 4.78 is 7.08. The Balaban J connectivity index is 1.19. The minimum Gasteiger partial charge on any atom is -0.456 e. The van der Waals surface area contributed by atoms with E-state index >= 15 is 0 Å². The molecule has 0 bridgehead atoms. The van der Waals surface area contributed by atoms with E-state index in [9.17, 15) is 0 Å². The third-order valence-electron chi connectivity index (χ3n) is 17.3. The fourth-order valence-electron chi connectivity index (χ4n) is 13.0. The molecular formula is C65H61BN2O.